The molecule has 0 spiro atoms. The SMILES string of the molecule is CCn1cnnc1CNCC(=O)N(C)C. The molecule has 0 atom stereocenters. The summed E-state index contributed by atoms with van der Waals surface area (Å²) in [7, 11) is 3.47. The summed E-state index contributed by atoms with van der Waals surface area (Å²) in [5, 5.41) is 10.8. The molecule has 0 saturated heterocycles. The predicted octanol–water partition coefficient (Wildman–Crippen LogP) is -0.524. The molecule has 0 aliphatic heterocycles. The number of rotatable bonds is 5. The zero-order chi connectivity index (χ0) is 11.3. The van der Waals surface area contributed by atoms with Gasteiger partial charge < -0.3 is 14.8 Å². The Morgan fingerprint density at radius 3 is 2.93 bits per heavy atom. The number of likely N-dealkylation sites (N-methyl/N-ethyl adjacent to an activating group) is 1. The number of aromatic nitrogens is 3. The van der Waals surface area contributed by atoms with Crippen molar-refractivity contribution in [1.29, 1.82) is 0 Å². The van der Waals surface area contributed by atoms with Crippen molar-refractivity contribution >= 4 is 5.91 Å². The van der Waals surface area contributed by atoms with Gasteiger partial charge in [-0.25, -0.2) is 0 Å². The summed E-state index contributed by atoms with van der Waals surface area (Å²) in [6.45, 7) is 3.75. The van der Waals surface area contributed by atoms with Crippen LogP contribution in [0.4, 0.5) is 0 Å². The fourth-order valence-electron chi connectivity index (χ4n) is 1.12. The number of carbonyl (C=O) groups is 1. The molecule has 0 radical (unpaired) electrons. The summed E-state index contributed by atoms with van der Waals surface area (Å²) >= 11 is 0. The van der Waals surface area contributed by atoms with Crippen LogP contribution in [0.5, 0.6) is 0 Å². The summed E-state index contributed by atoms with van der Waals surface area (Å²) in [5.74, 6) is 0.904. The largest absolute Gasteiger partial charge is 0.348 e. The molecule has 6 heteroatoms. The van der Waals surface area contributed by atoms with E-state index in [0.717, 1.165) is 12.4 Å². The fraction of sp³-hybridized carbons (Fsp3) is 0.667. The van der Waals surface area contributed by atoms with Crippen LogP contribution >= 0.6 is 0 Å². The fourth-order valence-corrected chi connectivity index (χ4v) is 1.12. The van der Waals surface area contributed by atoms with Gasteiger partial charge in [0.2, 0.25) is 5.91 Å². The molecule has 0 saturated carbocycles. The highest BCUT2D eigenvalue weighted by atomic mass is 16.2. The Bertz CT molecular complexity index is 320. The molecule has 0 aliphatic rings. The first-order valence-electron chi connectivity index (χ1n) is 4.92. The van der Waals surface area contributed by atoms with Crippen molar-refractivity contribution in [1.82, 2.24) is 25.0 Å². The third-order valence-corrected chi connectivity index (χ3v) is 2.09. The minimum atomic E-state index is 0.0533. The van der Waals surface area contributed by atoms with E-state index in [2.05, 4.69) is 15.5 Å². The molecule has 1 amide bonds. The Balaban J connectivity index is 2.35. The van der Waals surface area contributed by atoms with Gasteiger partial charge in [0.05, 0.1) is 13.1 Å². The molecule has 0 aliphatic carbocycles. The van der Waals surface area contributed by atoms with Crippen LogP contribution in [0.1, 0.15) is 12.7 Å². The van der Waals surface area contributed by atoms with Gasteiger partial charge in [-0.05, 0) is 6.92 Å². The Morgan fingerprint density at radius 1 is 1.60 bits per heavy atom. The number of aryl methyl sites for hydroxylation is 1. The van der Waals surface area contributed by atoms with E-state index >= 15 is 0 Å². The summed E-state index contributed by atoms with van der Waals surface area (Å²) in [5.41, 5.74) is 0. The lowest BCUT2D eigenvalue weighted by atomic mass is 10.5. The molecule has 1 aromatic rings. The van der Waals surface area contributed by atoms with Crippen LogP contribution in [0.15, 0.2) is 6.33 Å². The Hall–Kier alpha value is -1.43. The highest BCUT2D eigenvalue weighted by Gasteiger charge is 2.05. The standard InChI is InChI=1S/C9H17N5O/c1-4-14-7-11-12-8(14)5-10-6-9(15)13(2)3/h7,10H,4-6H2,1-3H3. The van der Waals surface area contributed by atoms with Gasteiger partial charge in [0.1, 0.15) is 12.2 Å². The van der Waals surface area contributed by atoms with Crippen LogP contribution in [0.2, 0.25) is 0 Å². The molecule has 1 rings (SSSR count). The second kappa shape index (κ2) is 5.45. The van der Waals surface area contributed by atoms with Gasteiger partial charge in [0, 0.05) is 20.6 Å². The van der Waals surface area contributed by atoms with Crippen molar-refractivity contribution in [3.05, 3.63) is 12.2 Å². The highest BCUT2D eigenvalue weighted by molar-refractivity contribution is 5.77. The van der Waals surface area contributed by atoms with Crippen molar-refractivity contribution < 1.29 is 4.79 Å². The van der Waals surface area contributed by atoms with Crippen molar-refractivity contribution in [3.8, 4) is 0 Å². The topological polar surface area (TPSA) is 63.1 Å². The average Bonchev–Trinajstić information content (AvgIpc) is 2.65. The van der Waals surface area contributed by atoms with E-state index in [1.807, 2.05) is 11.5 Å². The second-order valence-electron chi connectivity index (χ2n) is 3.42. The molecule has 1 N–H and O–H groups in total. The first-order chi connectivity index (χ1) is 7.15. The molecule has 1 aromatic heterocycles. The van der Waals surface area contributed by atoms with Gasteiger partial charge in [-0.1, -0.05) is 0 Å². The summed E-state index contributed by atoms with van der Waals surface area (Å²) in [6.07, 6.45) is 1.69. The quantitative estimate of drug-likeness (QED) is 0.711. The Morgan fingerprint density at radius 2 is 2.33 bits per heavy atom. The van der Waals surface area contributed by atoms with Crippen molar-refractivity contribution in [3.63, 3.8) is 0 Å². The number of amides is 1. The monoisotopic (exact) mass is 211 g/mol. The molecule has 0 bridgehead atoms. The van der Waals surface area contributed by atoms with Crippen molar-refractivity contribution in [2.45, 2.75) is 20.0 Å². The van der Waals surface area contributed by atoms with Crippen LogP contribution < -0.4 is 5.32 Å². The normalized spacial score (nSPS) is 10.3. The van der Waals surface area contributed by atoms with Crippen LogP contribution in [-0.4, -0.2) is 46.2 Å². The van der Waals surface area contributed by atoms with Crippen LogP contribution in [0, 0.1) is 0 Å². The van der Waals surface area contributed by atoms with E-state index in [9.17, 15) is 4.79 Å². The first kappa shape index (κ1) is 11.6. The summed E-state index contributed by atoms with van der Waals surface area (Å²) < 4.78 is 1.94. The molecule has 1 heterocycles. The molecule has 0 aromatic carbocycles. The lowest BCUT2D eigenvalue weighted by Crippen LogP contribution is -2.33. The predicted molar refractivity (Wildman–Crippen MR) is 56.1 cm³/mol. The average molecular weight is 211 g/mol. The number of carbonyl (C=O) groups excluding carboxylic acids is 1. The second-order valence-corrected chi connectivity index (χ2v) is 3.42. The maximum absolute atomic E-state index is 11.2. The lowest BCUT2D eigenvalue weighted by Gasteiger charge is -2.10. The number of nitrogens with one attached hydrogen (secondary N) is 1. The van der Waals surface area contributed by atoms with Gasteiger partial charge in [0.25, 0.3) is 0 Å². The zero-order valence-corrected chi connectivity index (χ0v) is 9.40. The highest BCUT2D eigenvalue weighted by Crippen LogP contribution is 1.93. The van der Waals surface area contributed by atoms with E-state index in [4.69, 9.17) is 0 Å². The maximum Gasteiger partial charge on any atom is 0.236 e. The third kappa shape index (κ3) is 3.32. The zero-order valence-electron chi connectivity index (χ0n) is 9.40. The molecule has 0 unspecified atom stereocenters. The Kier molecular flexibility index (Phi) is 4.23. The number of hydrogen-bond donors (Lipinski definition) is 1. The first-order valence-corrected chi connectivity index (χ1v) is 4.92. The van der Waals surface area contributed by atoms with E-state index in [-0.39, 0.29) is 5.91 Å². The smallest absolute Gasteiger partial charge is 0.236 e. The van der Waals surface area contributed by atoms with E-state index in [1.54, 1.807) is 25.3 Å². The van der Waals surface area contributed by atoms with E-state index in [1.165, 1.54) is 0 Å². The maximum atomic E-state index is 11.2. The van der Waals surface area contributed by atoms with Gasteiger partial charge >= 0.3 is 0 Å². The van der Waals surface area contributed by atoms with Crippen LogP contribution in [0.25, 0.3) is 0 Å². The molecular weight excluding hydrogens is 194 g/mol. The molecule has 6 nitrogen and oxygen atoms in total. The Labute approximate surface area is 89.3 Å². The van der Waals surface area contributed by atoms with E-state index in [0.29, 0.717) is 13.1 Å². The van der Waals surface area contributed by atoms with Crippen LogP contribution in [0.3, 0.4) is 0 Å². The van der Waals surface area contributed by atoms with Gasteiger partial charge in [0.15, 0.2) is 0 Å². The van der Waals surface area contributed by atoms with E-state index < -0.39 is 0 Å². The van der Waals surface area contributed by atoms with Gasteiger partial charge in [-0.3, -0.25) is 4.79 Å². The lowest BCUT2D eigenvalue weighted by molar-refractivity contribution is -0.127. The van der Waals surface area contributed by atoms with Gasteiger partial charge in [-0.15, -0.1) is 10.2 Å². The number of nitrogens with zero attached hydrogens (tertiary/aromatic N) is 4. The minimum Gasteiger partial charge on any atom is -0.348 e. The molecule has 84 valence electrons. The van der Waals surface area contributed by atoms with Crippen molar-refractivity contribution in [2.75, 3.05) is 20.6 Å². The summed E-state index contributed by atoms with van der Waals surface area (Å²) in [4.78, 5) is 12.8. The van der Waals surface area contributed by atoms with Gasteiger partial charge in [-0.2, -0.15) is 0 Å². The molecule has 15 heavy (non-hydrogen) atoms. The van der Waals surface area contributed by atoms with Crippen molar-refractivity contribution in [2.24, 2.45) is 0 Å². The molecular formula is C9H17N5O. The third-order valence-electron chi connectivity index (χ3n) is 2.09. The molecule has 0 fully saturated rings. The number of hydrogen-bond acceptors (Lipinski definition) is 4. The summed E-state index contributed by atoms with van der Waals surface area (Å²) in [6, 6.07) is 0. The van der Waals surface area contributed by atoms with Crippen LogP contribution in [-0.2, 0) is 17.9 Å². The minimum absolute atomic E-state index is 0.0533.